The zero-order valence-corrected chi connectivity index (χ0v) is 12.5. The Labute approximate surface area is 116 Å². The second kappa shape index (κ2) is 8.15. The lowest BCUT2D eigenvalue weighted by Crippen LogP contribution is -2.16. The molecule has 0 amide bonds. The molecular formula is C15H25NO3. The molecule has 0 aliphatic heterocycles. The lowest BCUT2D eigenvalue weighted by molar-refractivity contribution is -0.000762. The number of rotatable bonds is 8. The summed E-state index contributed by atoms with van der Waals surface area (Å²) in [6, 6.07) is 6.49. The average molecular weight is 267 g/mol. The van der Waals surface area contributed by atoms with Crippen molar-refractivity contribution in [1.29, 1.82) is 0 Å². The Bertz CT molecular complexity index is 382. The topological polar surface area (TPSA) is 39.7 Å². The van der Waals surface area contributed by atoms with Crippen LogP contribution >= 0.6 is 0 Å². The second-order valence-corrected chi connectivity index (χ2v) is 4.66. The summed E-state index contributed by atoms with van der Waals surface area (Å²) in [7, 11) is 5.31. The predicted molar refractivity (Wildman–Crippen MR) is 76.6 cm³/mol. The minimum Gasteiger partial charge on any atom is -0.496 e. The summed E-state index contributed by atoms with van der Waals surface area (Å²) in [5.41, 5.74) is 2.28. The summed E-state index contributed by atoms with van der Waals surface area (Å²) in [5, 5.41) is 3.23. The molecule has 0 saturated heterocycles. The second-order valence-electron chi connectivity index (χ2n) is 4.66. The van der Waals surface area contributed by atoms with E-state index in [1.807, 2.05) is 20.0 Å². The normalized spacial score (nSPS) is 14.2. The molecule has 108 valence electrons. The maximum absolute atomic E-state index is 5.75. The third-order valence-corrected chi connectivity index (χ3v) is 3.16. The molecule has 1 rings (SSSR count). The fraction of sp³-hybridized carbons (Fsp3) is 0.600. The molecule has 2 unspecified atom stereocenters. The number of nitrogens with one attached hydrogen (secondary N) is 1. The first-order valence-electron chi connectivity index (χ1n) is 6.57. The molecule has 0 heterocycles. The average Bonchev–Trinajstić information content (AvgIpc) is 2.44. The molecule has 0 aromatic heterocycles. The summed E-state index contributed by atoms with van der Waals surface area (Å²) in [6.07, 6.45) is 0.0695. The van der Waals surface area contributed by atoms with E-state index in [1.165, 1.54) is 5.56 Å². The summed E-state index contributed by atoms with van der Waals surface area (Å²) < 4.78 is 16.2. The van der Waals surface area contributed by atoms with Gasteiger partial charge < -0.3 is 19.5 Å². The van der Waals surface area contributed by atoms with E-state index in [-0.39, 0.29) is 6.10 Å². The SMILES string of the molecule is CNC(C)c1ccc(OC)c(COC(C)COC)c1. The van der Waals surface area contributed by atoms with Gasteiger partial charge >= 0.3 is 0 Å². The van der Waals surface area contributed by atoms with Crippen molar-refractivity contribution in [3.8, 4) is 5.75 Å². The van der Waals surface area contributed by atoms with E-state index in [1.54, 1.807) is 14.2 Å². The van der Waals surface area contributed by atoms with Crippen LogP contribution in [0.4, 0.5) is 0 Å². The van der Waals surface area contributed by atoms with Gasteiger partial charge in [0.1, 0.15) is 5.75 Å². The fourth-order valence-corrected chi connectivity index (χ4v) is 1.86. The standard InChI is InChI=1S/C15H25NO3/c1-11(9-17-4)19-10-14-8-13(12(2)16-3)6-7-15(14)18-5/h6-8,11-12,16H,9-10H2,1-5H3. The Hall–Kier alpha value is -1.10. The zero-order chi connectivity index (χ0) is 14.3. The highest BCUT2D eigenvalue weighted by Gasteiger charge is 2.10. The largest absolute Gasteiger partial charge is 0.496 e. The Morgan fingerprint density at radius 1 is 1.21 bits per heavy atom. The molecule has 1 N–H and O–H groups in total. The first-order valence-corrected chi connectivity index (χ1v) is 6.57. The predicted octanol–water partition coefficient (Wildman–Crippen LogP) is 2.53. The van der Waals surface area contributed by atoms with Gasteiger partial charge in [0.05, 0.1) is 26.4 Å². The molecular weight excluding hydrogens is 242 g/mol. The third-order valence-electron chi connectivity index (χ3n) is 3.16. The summed E-state index contributed by atoms with van der Waals surface area (Å²) >= 11 is 0. The lowest BCUT2D eigenvalue weighted by atomic mass is 10.0. The van der Waals surface area contributed by atoms with E-state index in [4.69, 9.17) is 14.2 Å². The lowest BCUT2D eigenvalue weighted by Gasteiger charge is -2.17. The van der Waals surface area contributed by atoms with Crippen LogP contribution in [0, 0.1) is 0 Å². The van der Waals surface area contributed by atoms with Gasteiger partial charge in [-0.25, -0.2) is 0 Å². The van der Waals surface area contributed by atoms with Gasteiger partial charge in [0.2, 0.25) is 0 Å². The minimum absolute atomic E-state index is 0.0695. The molecule has 1 aromatic rings. The molecule has 2 atom stereocenters. The Kier molecular flexibility index (Phi) is 6.84. The van der Waals surface area contributed by atoms with Crippen LogP contribution in [0.15, 0.2) is 18.2 Å². The molecule has 0 aliphatic rings. The van der Waals surface area contributed by atoms with Gasteiger partial charge in [0, 0.05) is 18.7 Å². The fourth-order valence-electron chi connectivity index (χ4n) is 1.86. The summed E-state index contributed by atoms with van der Waals surface area (Å²) in [5.74, 6) is 0.858. The number of ether oxygens (including phenoxy) is 3. The Balaban J connectivity index is 2.78. The van der Waals surface area contributed by atoms with E-state index >= 15 is 0 Å². The molecule has 0 bridgehead atoms. The van der Waals surface area contributed by atoms with Gasteiger partial charge in [0.15, 0.2) is 0 Å². The molecule has 1 aromatic carbocycles. The van der Waals surface area contributed by atoms with Gasteiger partial charge in [-0.2, -0.15) is 0 Å². The number of hydrogen-bond donors (Lipinski definition) is 1. The van der Waals surface area contributed by atoms with Crippen LogP contribution in [0.25, 0.3) is 0 Å². The van der Waals surface area contributed by atoms with E-state index < -0.39 is 0 Å². The van der Waals surface area contributed by atoms with Crippen LogP contribution in [0.5, 0.6) is 5.75 Å². The molecule has 19 heavy (non-hydrogen) atoms. The molecule has 0 aliphatic carbocycles. The molecule has 0 radical (unpaired) electrons. The van der Waals surface area contributed by atoms with Crippen LogP contribution in [0.3, 0.4) is 0 Å². The zero-order valence-electron chi connectivity index (χ0n) is 12.5. The van der Waals surface area contributed by atoms with E-state index in [0.717, 1.165) is 11.3 Å². The number of benzene rings is 1. The van der Waals surface area contributed by atoms with Crippen molar-refractivity contribution in [2.75, 3.05) is 27.9 Å². The van der Waals surface area contributed by atoms with Crippen LogP contribution in [0.2, 0.25) is 0 Å². The van der Waals surface area contributed by atoms with Gasteiger partial charge in [-0.1, -0.05) is 6.07 Å². The smallest absolute Gasteiger partial charge is 0.124 e. The molecule has 0 fully saturated rings. The highest BCUT2D eigenvalue weighted by atomic mass is 16.5. The van der Waals surface area contributed by atoms with E-state index in [0.29, 0.717) is 19.3 Å². The summed E-state index contributed by atoms with van der Waals surface area (Å²) in [4.78, 5) is 0. The van der Waals surface area contributed by atoms with Crippen LogP contribution in [-0.2, 0) is 16.1 Å². The minimum atomic E-state index is 0.0695. The maximum atomic E-state index is 5.75. The van der Waals surface area contributed by atoms with Crippen molar-refractivity contribution < 1.29 is 14.2 Å². The van der Waals surface area contributed by atoms with Crippen molar-refractivity contribution in [3.63, 3.8) is 0 Å². The Morgan fingerprint density at radius 2 is 1.95 bits per heavy atom. The maximum Gasteiger partial charge on any atom is 0.124 e. The molecule has 0 saturated carbocycles. The van der Waals surface area contributed by atoms with Gasteiger partial charge in [-0.05, 0) is 38.6 Å². The number of hydrogen-bond acceptors (Lipinski definition) is 4. The van der Waals surface area contributed by atoms with Gasteiger partial charge in [-0.3, -0.25) is 0 Å². The number of methoxy groups -OCH3 is 2. The van der Waals surface area contributed by atoms with Crippen molar-refractivity contribution in [3.05, 3.63) is 29.3 Å². The van der Waals surface area contributed by atoms with E-state index in [2.05, 4.69) is 24.4 Å². The van der Waals surface area contributed by atoms with E-state index in [9.17, 15) is 0 Å². The highest BCUT2D eigenvalue weighted by Crippen LogP contribution is 2.24. The van der Waals surface area contributed by atoms with Gasteiger partial charge in [0.25, 0.3) is 0 Å². The van der Waals surface area contributed by atoms with Crippen LogP contribution in [-0.4, -0.2) is 34.0 Å². The molecule has 0 spiro atoms. The van der Waals surface area contributed by atoms with Crippen molar-refractivity contribution in [1.82, 2.24) is 5.32 Å². The van der Waals surface area contributed by atoms with Crippen molar-refractivity contribution >= 4 is 0 Å². The molecule has 4 nitrogen and oxygen atoms in total. The summed E-state index contributed by atoms with van der Waals surface area (Å²) in [6.45, 7) is 5.24. The Morgan fingerprint density at radius 3 is 2.53 bits per heavy atom. The highest BCUT2D eigenvalue weighted by molar-refractivity contribution is 5.38. The van der Waals surface area contributed by atoms with Gasteiger partial charge in [-0.15, -0.1) is 0 Å². The third kappa shape index (κ3) is 4.82. The first-order chi connectivity index (χ1) is 9.12. The van der Waals surface area contributed by atoms with Crippen molar-refractivity contribution in [2.45, 2.75) is 32.6 Å². The molecule has 4 heteroatoms. The van der Waals surface area contributed by atoms with Crippen LogP contribution in [0.1, 0.15) is 31.0 Å². The first kappa shape index (κ1) is 16.0. The van der Waals surface area contributed by atoms with Crippen LogP contribution < -0.4 is 10.1 Å². The quantitative estimate of drug-likeness (QED) is 0.785. The van der Waals surface area contributed by atoms with Crippen molar-refractivity contribution in [2.24, 2.45) is 0 Å². The monoisotopic (exact) mass is 267 g/mol.